The zero-order chi connectivity index (χ0) is 13.2. The molecular formula is C14H17ClN2O2. The highest BCUT2D eigenvalue weighted by atomic mass is 35.5. The van der Waals surface area contributed by atoms with Gasteiger partial charge in [0.05, 0.1) is 12.2 Å². The average molecular weight is 281 g/mol. The van der Waals surface area contributed by atoms with Crippen molar-refractivity contribution >= 4 is 22.7 Å². The zero-order valence-corrected chi connectivity index (χ0v) is 11.5. The maximum absolute atomic E-state index is 11.9. The van der Waals surface area contributed by atoms with Crippen molar-refractivity contribution in [2.45, 2.75) is 32.4 Å². The second kappa shape index (κ2) is 5.39. The monoisotopic (exact) mass is 280 g/mol. The van der Waals surface area contributed by atoms with Crippen LogP contribution in [0.5, 0.6) is 0 Å². The van der Waals surface area contributed by atoms with Crippen LogP contribution in [0.1, 0.15) is 25.7 Å². The van der Waals surface area contributed by atoms with Crippen molar-refractivity contribution in [3.63, 3.8) is 0 Å². The highest BCUT2D eigenvalue weighted by Crippen LogP contribution is 2.19. The van der Waals surface area contributed by atoms with Crippen molar-refractivity contribution in [2.24, 2.45) is 0 Å². The molecule has 0 radical (unpaired) electrons. The number of benzene rings is 1. The molecule has 1 aliphatic heterocycles. The normalized spacial score (nSPS) is 17.7. The van der Waals surface area contributed by atoms with Crippen molar-refractivity contribution in [1.82, 2.24) is 9.47 Å². The summed E-state index contributed by atoms with van der Waals surface area (Å²) in [5, 5.41) is 0.623. The van der Waals surface area contributed by atoms with Gasteiger partial charge in [-0.3, -0.25) is 9.47 Å². The number of fused-ring (bicyclic) bond motifs is 1. The minimum absolute atomic E-state index is 0.304. The van der Waals surface area contributed by atoms with E-state index in [-0.39, 0.29) is 5.76 Å². The summed E-state index contributed by atoms with van der Waals surface area (Å²) in [5.41, 5.74) is 1.38. The number of hydrogen-bond acceptors (Lipinski definition) is 3. The Morgan fingerprint density at radius 1 is 1.16 bits per heavy atom. The number of oxazole rings is 1. The average Bonchev–Trinajstić information content (AvgIpc) is 2.58. The molecule has 0 unspecified atom stereocenters. The third-order valence-corrected chi connectivity index (χ3v) is 3.90. The summed E-state index contributed by atoms with van der Waals surface area (Å²) in [6, 6.07) is 5.28. The number of halogens is 1. The third-order valence-electron chi connectivity index (χ3n) is 3.67. The predicted octanol–water partition coefficient (Wildman–Crippen LogP) is 3.08. The first-order valence-corrected chi connectivity index (χ1v) is 7.13. The summed E-state index contributed by atoms with van der Waals surface area (Å²) < 4.78 is 6.92. The summed E-state index contributed by atoms with van der Waals surface area (Å²) in [6.07, 6.45) is 4.96. The molecule has 2 aromatic rings. The fourth-order valence-corrected chi connectivity index (χ4v) is 2.81. The Morgan fingerprint density at radius 3 is 2.63 bits per heavy atom. The van der Waals surface area contributed by atoms with Crippen molar-refractivity contribution in [3.8, 4) is 0 Å². The first kappa shape index (κ1) is 12.8. The van der Waals surface area contributed by atoms with E-state index >= 15 is 0 Å². The quantitative estimate of drug-likeness (QED) is 0.848. The fourth-order valence-electron chi connectivity index (χ4n) is 2.65. The van der Waals surface area contributed by atoms with E-state index in [1.54, 1.807) is 22.8 Å². The maximum atomic E-state index is 11.9. The van der Waals surface area contributed by atoms with Gasteiger partial charge >= 0.3 is 5.76 Å². The molecule has 0 bridgehead atoms. The van der Waals surface area contributed by atoms with Crippen molar-refractivity contribution < 1.29 is 4.42 Å². The summed E-state index contributed by atoms with van der Waals surface area (Å²) in [4.78, 5) is 14.2. The van der Waals surface area contributed by atoms with Crippen LogP contribution in [0.2, 0.25) is 5.02 Å². The Balaban J connectivity index is 1.93. The molecular weight excluding hydrogens is 264 g/mol. The molecule has 0 saturated carbocycles. The van der Waals surface area contributed by atoms with Crippen LogP contribution in [-0.2, 0) is 6.67 Å². The molecule has 3 rings (SSSR count). The number of likely N-dealkylation sites (tertiary alicyclic amines) is 1. The van der Waals surface area contributed by atoms with Crippen LogP contribution in [-0.4, -0.2) is 22.6 Å². The molecule has 0 N–H and O–H groups in total. The van der Waals surface area contributed by atoms with Crippen LogP contribution in [0.4, 0.5) is 0 Å². The smallest absolute Gasteiger partial charge is 0.408 e. The maximum Gasteiger partial charge on any atom is 0.421 e. The van der Waals surface area contributed by atoms with E-state index in [2.05, 4.69) is 4.90 Å². The van der Waals surface area contributed by atoms with Crippen LogP contribution in [0.25, 0.3) is 11.1 Å². The lowest BCUT2D eigenvalue weighted by atomic mass is 10.2. The van der Waals surface area contributed by atoms with Crippen LogP contribution in [0.15, 0.2) is 27.4 Å². The summed E-state index contributed by atoms with van der Waals surface area (Å²) in [6.45, 7) is 2.67. The Morgan fingerprint density at radius 2 is 1.89 bits per heavy atom. The number of nitrogens with zero attached hydrogens (tertiary/aromatic N) is 2. The van der Waals surface area contributed by atoms with Crippen molar-refractivity contribution in [3.05, 3.63) is 33.8 Å². The molecule has 1 aliphatic rings. The lowest BCUT2D eigenvalue weighted by Crippen LogP contribution is -2.31. The first-order valence-electron chi connectivity index (χ1n) is 6.75. The van der Waals surface area contributed by atoms with E-state index < -0.39 is 0 Å². The molecule has 19 heavy (non-hydrogen) atoms. The lowest BCUT2D eigenvalue weighted by Gasteiger charge is -2.19. The Kier molecular flexibility index (Phi) is 3.62. The van der Waals surface area contributed by atoms with Gasteiger partial charge in [-0.25, -0.2) is 4.79 Å². The van der Waals surface area contributed by atoms with Gasteiger partial charge in [-0.1, -0.05) is 24.4 Å². The molecule has 4 nitrogen and oxygen atoms in total. The topological polar surface area (TPSA) is 38.4 Å². The highest BCUT2D eigenvalue weighted by Gasteiger charge is 2.14. The highest BCUT2D eigenvalue weighted by molar-refractivity contribution is 6.31. The molecule has 1 saturated heterocycles. The summed E-state index contributed by atoms with van der Waals surface area (Å²) in [5.74, 6) is -0.304. The zero-order valence-electron chi connectivity index (χ0n) is 10.8. The minimum Gasteiger partial charge on any atom is -0.408 e. The standard InChI is InChI=1S/C14H17ClN2O2/c15-11-5-6-13-12(9-11)17(14(18)19-13)10-16-7-3-1-2-4-8-16/h5-6,9H,1-4,7-8,10H2. The molecule has 1 fully saturated rings. The van der Waals surface area contributed by atoms with E-state index in [0.29, 0.717) is 17.3 Å². The van der Waals surface area contributed by atoms with Crippen molar-refractivity contribution in [1.29, 1.82) is 0 Å². The molecule has 1 aromatic heterocycles. The number of rotatable bonds is 2. The second-order valence-electron chi connectivity index (χ2n) is 5.08. The Labute approximate surface area is 116 Å². The molecule has 5 heteroatoms. The lowest BCUT2D eigenvalue weighted by molar-refractivity contribution is 0.222. The molecule has 102 valence electrons. The number of aromatic nitrogens is 1. The number of hydrogen-bond donors (Lipinski definition) is 0. The third kappa shape index (κ3) is 2.69. The molecule has 1 aromatic carbocycles. The van der Waals surface area contributed by atoms with Gasteiger partial charge in [0.2, 0.25) is 0 Å². The predicted molar refractivity (Wildman–Crippen MR) is 75.5 cm³/mol. The minimum atomic E-state index is -0.304. The summed E-state index contributed by atoms with van der Waals surface area (Å²) >= 11 is 6.00. The van der Waals surface area contributed by atoms with Gasteiger partial charge in [0.25, 0.3) is 0 Å². The van der Waals surface area contributed by atoms with Crippen LogP contribution >= 0.6 is 11.6 Å². The van der Waals surface area contributed by atoms with Crippen LogP contribution < -0.4 is 5.76 Å². The summed E-state index contributed by atoms with van der Waals surface area (Å²) in [7, 11) is 0. The van der Waals surface area contributed by atoms with Gasteiger partial charge in [-0.05, 0) is 44.1 Å². The molecule has 0 amide bonds. The van der Waals surface area contributed by atoms with Crippen LogP contribution in [0.3, 0.4) is 0 Å². The first-order chi connectivity index (χ1) is 9.24. The molecule has 0 spiro atoms. The molecule has 0 atom stereocenters. The Bertz CT molecular complexity index is 624. The SMILES string of the molecule is O=c1oc2ccc(Cl)cc2n1CN1CCCCCC1. The van der Waals surface area contributed by atoms with Gasteiger partial charge in [0, 0.05) is 5.02 Å². The largest absolute Gasteiger partial charge is 0.421 e. The van der Waals surface area contributed by atoms with E-state index in [4.69, 9.17) is 16.0 Å². The van der Waals surface area contributed by atoms with Gasteiger partial charge in [0.1, 0.15) is 0 Å². The van der Waals surface area contributed by atoms with E-state index in [9.17, 15) is 4.79 Å². The van der Waals surface area contributed by atoms with Gasteiger partial charge in [0.15, 0.2) is 5.58 Å². The van der Waals surface area contributed by atoms with Crippen LogP contribution in [0, 0.1) is 0 Å². The van der Waals surface area contributed by atoms with Gasteiger partial charge in [-0.15, -0.1) is 0 Å². The van der Waals surface area contributed by atoms with E-state index in [1.165, 1.54) is 25.7 Å². The molecule has 0 aliphatic carbocycles. The molecule has 2 heterocycles. The van der Waals surface area contributed by atoms with Gasteiger partial charge < -0.3 is 4.42 Å². The van der Waals surface area contributed by atoms with E-state index in [0.717, 1.165) is 18.6 Å². The van der Waals surface area contributed by atoms with Crippen molar-refractivity contribution in [2.75, 3.05) is 13.1 Å². The van der Waals surface area contributed by atoms with Gasteiger partial charge in [-0.2, -0.15) is 0 Å². The Hall–Kier alpha value is -1.26. The fraction of sp³-hybridized carbons (Fsp3) is 0.500. The van der Waals surface area contributed by atoms with E-state index in [1.807, 2.05) is 0 Å². The second-order valence-corrected chi connectivity index (χ2v) is 5.52.